The summed E-state index contributed by atoms with van der Waals surface area (Å²) in [5, 5.41) is 3.17. The molecule has 1 aliphatic carbocycles. The monoisotopic (exact) mass is 310 g/mol. The molecule has 1 amide bonds. The number of nitrogens with one attached hydrogen (secondary N) is 1. The molecule has 1 aliphatic rings. The van der Waals surface area contributed by atoms with Gasteiger partial charge in [-0.2, -0.15) is 0 Å². The summed E-state index contributed by atoms with van der Waals surface area (Å²) in [7, 11) is 0. The topological polar surface area (TPSA) is 55.1 Å². The second-order valence-electron chi connectivity index (χ2n) is 6.14. The maximum Gasteiger partial charge on any atom is 0.220 e. The summed E-state index contributed by atoms with van der Waals surface area (Å²) in [4.78, 5) is 12.1. The predicted octanol–water partition coefficient (Wildman–Crippen LogP) is 3.30. The van der Waals surface area contributed by atoms with Crippen molar-refractivity contribution < 1.29 is 4.79 Å². The lowest BCUT2D eigenvalue weighted by atomic mass is 9.90. The van der Waals surface area contributed by atoms with Crippen LogP contribution in [0.2, 0.25) is 0 Å². The Morgan fingerprint density at radius 3 is 2.52 bits per heavy atom. The number of aryl methyl sites for hydroxylation is 1. The molecule has 4 heteroatoms. The number of rotatable bonds is 4. The third-order valence-electron chi connectivity index (χ3n) is 4.35. The molecule has 3 nitrogen and oxygen atoms in total. The fourth-order valence-electron chi connectivity index (χ4n) is 3.08. The molecular weight excluding hydrogens is 284 g/mol. The first kappa shape index (κ1) is 18.0. The van der Waals surface area contributed by atoms with Crippen LogP contribution in [0, 0.1) is 6.92 Å². The lowest BCUT2D eigenvalue weighted by molar-refractivity contribution is -0.122. The van der Waals surface area contributed by atoms with Crippen LogP contribution in [-0.2, 0) is 4.79 Å². The van der Waals surface area contributed by atoms with Crippen molar-refractivity contribution in [2.45, 2.75) is 64.0 Å². The molecule has 1 unspecified atom stereocenters. The maximum atomic E-state index is 12.1. The quantitative estimate of drug-likeness (QED) is 0.896. The Morgan fingerprint density at radius 1 is 1.29 bits per heavy atom. The molecule has 118 valence electrons. The number of benzene rings is 1. The molecule has 0 bridgehead atoms. The number of nitrogens with two attached hydrogens (primary N) is 1. The molecule has 21 heavy (non-hydrogen) atoms. The van der Waals surface area contributed by atoms with Gasteiger partial charge in [0.05, 0.1) is 0 Å². The van der Waals surface area contributed by atoms with Crippen LogP contribution < -0.4 is 11.1 Å². The summed E-state index contributed by atoms with van der Waals surface area (Å²) < 4.78 is 0. The van der Waals surface area contributed by atoms with Crippen LogP contribution >= 0.6 is 12.4 Å². The zero-order valence-corrected chi connectivity index (χ0v) is 13.8. The van der Waals surface area contributed by atoms with Gasteiger partial charge in [-0.1, -0.05) is 31.2 Å². The molecule has 0 spiro atoms. The zero-order chi connectivity index (χ0) is 14.5. The molecule has 1 aromatic carbocycles. The molecule has 0 heterocycles. The van der Waals surface area contributed by atoms with Crippen molar-refractivity contribution in [3.05, 3.63) is 35.4 Å². The van der Waals surface area contributed by atoms with Crippen LogP contribution in [0.5, 0.6) is 0 Å². The van der Waals surface area contributed by atoms with E-state index in [0.29, 0.717) is 18.5 Å². The minimum Gasteiger partial charge on any atom is -0.353 e. The largest absolute Gasteiger partial charge is 0.353 e. The third kappa shape index (κ3) is 5.33. The molecule has 2 rings (SSSR count). The van der Waals surface area contributed by atoms with Crippen LogP contribution in [0.1, 0.15) is 56.1 Å². The highest BCUT2D eigenvalue weighted by molar-refractivity contribution is 5.85. The molecule has 1 aromatic rings. The van der Waals surface area contributed by atoms with Crippen molar-refractivity contribution in [1.82, 2.24) is 5.32 Å². The zero-order valence-electron chi connectivity index (χ0n) is 13.0. The summed E-state index contributed by atoms with van der Waals surface area (Å²) in [6.45, 7) is 4.23. The van der Waals surface area contributed by atoms with Gasteiger partial charge in [0.2, 0.25) is 5.91 Å². The van der Waals surface area contributed by atoms with Crippen molar-refractivity contribution >= 4 is 18.3 Å². The minimum atomic E-state index is 0. The molecule has 1 fully saturated rings. The van der Waals surface area contributed by atoms with Gasteiger partial charge in [0.15, 0.2) is 0 Å². The van der Waals surface area contributed by atoms with E-state index >= 15 is 0 Å². The number of hydrogen-bond donors (Lipinski definition) is 2. The van der Waals surface area contributed by atoms with Gasteiger partial charge in [0.25, 0.3) is 0 Å². The molecule has 1 atom stereocenters. The molecular formula is C17H27ClN2O. The van der Waals surface area contributed by atoms with Gasteiger partial charge in [-0.3, -0.25) is 4.79 Å². The summed E-state index contributed by atoms with van der Waals surface area (Å²) in [6.07, 6.45) is 4.65. The van der Waals surface area contributed by atoms with E-state index in [9.17, 15) is 4.79 Å². The highest BCUT2D eigenvalue weighted by atomic mass is 35.5. The Bertz CT molecular complexity index is 456. The molecule has 0 radical (unpaired) electrons. The van der Waals surface area contributed by atoms with E-state index in [-0.39, 0.29) is 24.2 Å². The van der Waals surface area contributed by atoms with Crippen LogP contribution in [-0.4, -0.2) is 18.0 Å². The van der Waals surface area contributed by atoms with E-state index in [0.717, 1.165) is 25.7 Å². The van der Waals surface area contributed by atoms with Crippen molar-refractivity contribution in [1.29, 1.82) is 0 Å². The van der Waals surface area contributed by atoms with Crippen molar-refractivity contribution in [3.63, 3.8) is 0 Å². The first-order valence-corrected chi connectivity index (χ1v) is 7.66. The Kier molecular flexibility index (Phi) is 7.20. The first-order valence-electron chi connectivity index (χ1n) is 7.66. The average Bonchev–Trinajstić information content (AvgIpc) is 2.41. The molecule has 0 saturated heterocycles. The number of hydrogen-bond acceptors (Lipinski definition) is 2. The smallest absolute Gasteiger partial charge is 0.220 e. The van der Waals surface area contributed by atoms with E-state index in [2.05, 4.69) is 31.3 Å². The second-order valence-corrected chi connectivity index (χ2v) is 6.14. The first-order chi connectivity index (χ1) is 9.56. The van der Waals surface area contributed by atoms with Crippen LogP contribution in [0.25, 0.3) is 0 Å². The van der Waals surface area contributed by atoms with E-state index in [4.69, 9.17) is 5.73 Å². The maximum absolute atomic E-state index is 12.1. The number of carbonyl (C=O) groups excluding carboxylic acids is 1. The summed E-state index contributed by atoms with van der Waals surface area (Å²) >= 11 is 0. The summed E-state index contributed by atoms with van der Waals surface area (Å²) in [5.74, 6) is 0.434. The summed E-state index contributed by atoms with van der Waals surface area (Å²) in [6, 6.07) is 8.95. The fourth-order valence-corrected chi connectivity index (χ4v) is 3.08. The highest BCUT2D eigenvalue weighted by Crippen LogP contribution is 2.23. The van der Waals surface area contributed by atoms with Crippen LogP contribution in [0.4, 0.5) is 0 Å². The van der Waals surface area contributed by atoms with E-state index in [1.807, 2.05) is 12.1 Å². The Hall–Kier alpha value is -1.06. The van der Waals surface area contributed by atoms with Gasteiger partial charge < -0.3 is 11.1 Å². The van der Waals surface area contributed by atoms with Crippen molar-refractivity contribution in [2.24, 2.45) is 5.73 Å². The van der Waals surface area contributed by atoms with E-state index in [1.165, 1.54) is 11.1 Å². The molecule has 1 saturated carbocycles. The van der Waals surface area contributed by atoms with Gasteiger partial charge in [0.1, 0.15) is 0 Å². The third-order valence-corrected chi connectivity index (χ3v) is 4.35. The van der Waals surface area contributed by atoms with Gasteiger partial charge in [-0.05, 0) is 49.7 Å². The predicted molar refractivity (Wildman–Crippen MR) is 89.8 cm³/mol. The van der Waals surface area contributed by atoms with Crippen molar-refractivity contribution in [3.8, 4) is 0 Å². The summed E-state index contributed by atoms with van der Waals surface area (Å²) in [5.41, 5.74) is 8.42. The fraction of sp³-hybridized carbons (Fsp3) is 0.588. The second kappa shape index (κ2) is 8.40. The Balaban J connectivity index is 0.00000220. The Morgan fingerprint density at radius 2 is 1.90 bits per heavy atom. The average molecular weight is 311 g/mol. The van der Waals surface area contributed by atoms with Gasteiger partial charge in [0, 0.05) is 18.5 Å². The van der Waals surface area contributed by atoms with Crippen molar-refractivity contribution in [2.75, 3.05) is 0 Å². The lowest BCUT2D eigenvalue weighted by Crippen LogP contribution is -2.40. The standard InChI is InChI=1S/C17H26N2O.ClH/c1-12-5-3-4-6-16(12)13(2)11-17(20)19-15-9-7-14(18)8-10-15;/h3-6,13-15H,7-11,18H2,1-2H3,(H,19,20);1H. The highest BCUT2D eigenvalue weighted by Gasteiger charge is 2.21. The molecule has 3 N–H and O–H groups in total. The van der Waals surface area contributed by atoms with E-state index in [1.54, 1.807) is 0 Å². The SMILES string of the molecule is Cc1ccccc1C(C)CC(=O)NC1CCC(N)CC1.Cl. The molecule has 0 aromatic heterocycles. The number of carbonyl (C=O) groups is 1. The van der Waals surface area contributed by atoms with Gasteiger partial charge in [-0.15, -0.1) is 12.4 Å². The minimum absolute atomic E-state index is 0. The lowest BCUT2D eigenvalue weighted by Gasteiger charge is -2.27. The van der Waals surface area contributed by atoms with Crippen LogP contribution in [0.3, 0.4) is 0 Å². The Labute approximate surface area is 134 Å². The molecule has 0 aliphatic heterocycles. The number of amides is 1. The van der Waals surface area contributed by atoms with E-state index < -0.39 is 0 Å². The number of halogens is 1. The van der Waals surface area contributed by atoms with Gasteiger partial charge in [-0.25, -0.2) is 0 Å². The van der Waals surface area contributed by atoms with Crippen LogP contribution in [0.15, 0.2) is 24.3 Å². The normalized spacial score (nSPS) is 23.0. The van der Waals surface area contributed by atoms with Gasteiger partial charge >= 0.3 is 0 Å².